The summed E-state index contributed by atoms with van der Waals surface area (Å²) in [5, 5.41) is 0.880. The van der Waals surface area contributed by atoms with Gasteiger partial charge in [-0.05, 0) is 25.7 Å². The molecule has 2 N–H and O–H groups in total. The maximum atomic E-state index is 11.3. The van der Waals surface area contributed by atoms with Crippen LogP contribution in [-0.2, 0) is 4.79 Å². The Labute approximate surface area is 178 Å². The van der Waals surface area contributed by atoms with Crippen LogP contribution in [0.2, 0.25) is 0 Å². The standard InChI is InChI=1S/C20H22N4O3.CH3Br/c1-3-23-7-8-26-19-10-15-18(11-16(19)23)27-17-9-13(5-6-14(17)22-15)24(4-2)12-20(21)25;1-2/h5-6,9-11H,3-4,7-8,12H2,1-2H3,(H-,21,25);1H3/p+1. The van der Waals surface area contributed by atoms with Gasteiger partial charge in [-0.2, -0.15) is 0 Å². The van der Waals surface area contributed by atoms with Gasteiger partial charge in [0.2, 0.25) is 11.9 Å². The molecule has 1 aliphatic carbocycles. The van der Waals surface area contributed by atoms with Gasteiger partial charge in [0.05, 0.1) is 18.3 Å². The van der Waals surface area contributed by atoms with Crippen LogP contribution in [0.3, 0.4) is 0 Å². The highest BCUT2D eigenvalue weighted by Crippen LogP contribution is 2.36. The topological polar surface area (TPSA) is 84.6 Å². The molecule has 2 aliphatic heterocycles. The molecular formula is C21H26BrN4O3+. The van der Waals surface area contributed by atoms with E-state index in [0.29, 0.717) is 24.5 Å². The Hall–Kier alpha value is -2.61. The minimum atomic E-state index is -0.364. The first-order valence-corrected chi connectivity index (χ1v) is 11.2. The van der Waals surface area contributed by atoms with Crippen molar-refractivity contribution in [1.29, 1.82) is 0 Å². The van der Waals surface area contributed by atoms with Gasteiger partial charge in [0.25, 0.3) is 5.91 Å². The van der Waals surface area contributed by atoms with Crippen molar-refractivity contribution in [3.63, 3.8) is 0 Å². The summed E-state index contributed by atoms with van der Waals surface area (Å²) in [5.41, 5.74) is 8.60. The van der Waals surface area contributed by atoms with Gasteiger partial charge in [-0.1, -0.05) is 15.9 Å². The molecule has 0 unspecified atom stereocenters. The number of nitrogens with two attached hydrogens (primary N) is 1. The maximum Gasteiger partial charge on any atom is 0.282 e. The summed E-state index contributed by atoms with van der Waals surface area (Å²) < 4.78 is 13.9. The predicted molar refractivity (Wildman–Crippen MR) is 119 cm³/mol. The first-order chi connectivity index (χ1) is 14.1. The lowest BCUT2D eigenvalue weighted by molar-refractivity contribution is -0.117. The molecule has 1 aromatic rings. The molecule has 0 aromatic heterocycles. The first kappa shape index (κ1) is 21.1. The fourth-order valence-electron chi connectivity index (χ4n) is 3.48. The van der Waals surface area contributed by atoms with Crippen LogP contribution in [-0.4, -0.2) is 49.5 Å². The second-order valence-electron chi connectivity index (χ2n) is 6.56. The van der Waals surface area contributed by atoms with Crippen molar-refractivity contribution in [3.8, 4) is 17.2 Å². The monoisotopic (exact) mass is 461 g/mol. The highest BCUT2D eigenvalue weighted by molar-refractivity contribution is 9.08. The normalized spacial score (nSPS) is 14.0. The molecule has 8 heteroatoms. The molecule has 3 aliphatic rings. The van der Waals surface area contributed by atoms with Crippen LogP contribution in [0.15, 0.2) is 34.7 Å². The average molecular weight is 462 g/mol. The van der Waals surface area contributed by atoms with E-state index in [1.54, 1.807) is 0 Å². The second-order valence-corrected chi connectivity index (χ2v) is 6.56. The zero-order chi connectivity index (χ0) is 21.0. The number of nitrogens with zero attached hydrogens (tertiary/aromatic N) is 3. The van der Waals surface area contributed by atoms with Crippen molar-refractivity contribution in [3.05, 3.63) is 35.7 Å². The van der Waals surface area contributed by atoms with Crippen molar-refractivity contribution < 1.29 is 13.9 Å². The maximum absolute atomic E-state index is 11.3. The third kappa shape index (κ3) is 4.37. The molecule has 0 spiro atoms. The summed E-state index contributed by atoms with van der Waals surface area (Å²) in [6, 6.07) is 9.66. The molecule has 0 saturated heterocycles. The molecule has 0 atom stereocenters. The number of hydrogen-bond donors (Lipinski definition) is 1. The molecule has 0 bridgehead atoms. The molecule has 1 aromatic carbocycles. The van der Waals surface area contributed by atoms with Crippen molar-refractivity contribution in [2.45, 2.75) is 13.8 Å². The molecule has 2 heterocycles. The number of amides is 1. The Morgan fingerprint density at radius 1 is 1.28 bits per heavy atom. The summed E-state index contributed by atoms with van der Waals surface area (Å²) in [6.07, 6.45) is 0. The Morgan fingerprint density at radius 2 is 2.07 bits per heavy atom. The fourth-order valence-corrected chi connectivity index (χ4v) is 3.48. The lowest BCUT2D eigenvalue weighted by Gasteiger charge is -2.30. The molecule has 4 rings (SSSR count). The van der Waals surface area contributed by atoms with Gasteiger partial charge in [0, 0.05) is 24.7 Å². The summed E-state index contributed by atoms with van der Waals surface area (Å²) in [7, 11) is 0. The van der Waals surface area contributed by atoms with Crippen LogP contribution in [0.1, 0.15) is 13.8 Å². The largest absolute Gasteiger partial charge is 0.489 e. The predicted octanol–water partition coefficient (Wildman–Crippen LogP) is 2.44. The van der Waals surface area contributed by atoms with Crippen molar-refractivity contribution in [2.75, 3.05) is 43.5 Å². The number of aromatic nitrogens is 1. The van der Waals surface area contributed by atoms with E-state index < -0.39 is 0 Å². The smallest absolute Gasteiger partial charge is 0.282 e. The summed E-state index contributed by atoms with van der Waals surface area (Å²) in [5.74, 6) is 2.96. The summed E-state index contributed by atoms with van der Waals surface area (Å²) >= 11 is 2.94. The van der Waals surface area contributed by atoms with Crippen LogP contribution in [0, 0.1) is 0 Å². The Bertz CT molecular complexity index is 1060. The van der Waals surface area contributed by atoms with E-state index in [2.05, 4.69) is 27.8 Å². The van der Waals surface area contributed by atoms with Crippen LogP contribution in [0.4, 0.5) is 5.69 Å². The molecule has 0 radical (unpaired) electrons. The molecule has 1 amide bonds. The van der Waals surface area contributed by atoms with Gasteiger partial charge in [-0.15, -0.1) is 0 Å². The third-order valence-electron chi connectivity index (χ3n) is 4.88. The molecule has 7 nitrogen and oxygen atoms in total. The van der Waals surface area contributed by atoms with E-state index in [-0.39, 0.29) is 12.5 Å². The quantitative estimate of drug-likeness (QED) is 0.366. The van der Waals surface area contributed by atoms with E-state index in [4.69, 9.17) is 19.9 Å². The SMILES string of the molecule is CBr.CCN1CCOc2cc3nc4ccc(=[N+](CC)CC(N)=O)cc-4oc3cc21. The minimum absolute atomic E-state index is 0.166. The zero-order valence-corrected chi connectivity index (χ0v) is 18.5. The average Bonchev–Trinajstić information content (AvgIpc) is 2.75. The van der Waals surface area contributed by atoms with Gasteiger partial charge in [0.15, 0.2) is 11.3 Å². The second kappa shape index (κ2) is 9.26. The van der Waals surface area contributed by atoms with Crippen LogP contribution < -0.4 is 25.3 Å². The van der Waals surface area contributed by atoms with Crippen molar-refractivity contribution in [1.82, 2.24) is 9.56 Å². The number of primary amides is 1. The molecular weight excluding hydrogens is 436 g/mol. The van der Waals surface area contributed by atoms with Crippen LogP contribution in [0.25, 0.3) is 22.6 Å². The van der Waals surface area contributed by atoms with Crippen molar-refractivity contribution >= 4 is 38.6 Å². The zero-order valence-electron chi connectivity index (χ0n) is 16.9. The van der Waals surface area contributed by atoms with Crippen LogP contribution in [0.5, 0.6) is 5.75 Å². The van der Waals surface area contributed by atoms with Gasteiger partial charge in [-0.25, -0.2) is 9.56 Å². The van der Waals surface area contributed by atoms with Crippen molar-refractivity contribution in [2.24, 2.45) is 5.73 Å². The number of hydrogen-bond acceptors (Lipinski definition) is 5. The first-order valence-electron chi connectivity index (χ1n) is 9.59. The molecule has 29 heavy (non-hydrogen) atoms. The molecule has 0 fully saturated rings. The number of likely N-dealkylation sites (N-methyl/N-ethyl adjacent to an activating group) is 2. The summed E-state index contributed by atoms with van der Waals surface area (Å²) in [6.45, 7) is 7.39. The van der Waals surface area contributed by atoms with E-state index in [1.807, 2.05) is 47.7 Å². The molecule has 0 saturated carbocycles. The number of carbonyl (C=O) groups is 1. The van der Waals surface area contributed by atoms with E-state index >= 15 is 0 Å². The Kier molecular flexibility index (Phi) is 6.74. The van der Waals surface area contributed by atoms with Gasteiger partial charge in [-0.3, -0.25) is 4.79 Å². The van der Waals surface area contributed by atoms with Gasteiger partial charge >= 0.3 is 0 Å². The highest BCUT2D eigenvalue weighted by atomic mass is 79.9. The lowest BCUT2D eigenvalue weighted by atomic mass is 10.2. The highest BCUT2D eigenvalue weighted by Gasteiger charge is 2.20. The Balaban J connectivity index is 0.00000117. The number of alkyl halides is 1. The van der Waals surface area contributed by atoms with Gasteiger partial charge < -0.3 is 19.8 Å². The number of carbonyl (C=O) groups excluding carboxylic acids is 1. The third-order valence-corrected chi connectivity index (χ3v) is 4.88. The van der Waals surface area contributed by atoms with Crippen LogP contribution >= 0.6 is 15.9 Å². The molecule has 154 valence electrons. The number of benzene rings is 2. The number of rotatable bonds is 4. The number of halogens is 1. The summed E-state index contributed by atoms with van der Waals surface area (Å²) in [4.78, 5) is 18.3. The van der Waals surface area contributed by atoms with E-state index in [9.17, 15) is 4.79 Å². The Morgan fingerprint density at radius 3 is 2.76 bits per heavy atom. The van der Waals surface area contributed by atoms with E-state index in [1.165, 1.54) is 0 Å². The van der Waals surface area contributed by atoms with E-state index in [0.717, 1.165) is 41.1 Å². The fraction of sp³-hybridized carbons (Fsp3) is 0.381. The lowest BCUT2D eigenvalue weighted by Crippen LogP contribution is -2.37. The number of anilines is 1. The minimum Gasteiger partial charge on any atom is -0.489 e. The number of fused-ring (bicyclic) bond motifs is 3. The van der Waals surface area contributed by atoms with Gasteiger partial charge in [0.1, 0.15) is 30.1 Å². The number of ether oxygens (including phenoxy) is 1.